The zero-order valence-corrected chi connectivity index (χ0v) is 11.9. The molecule has 1 aliphatic carbocycles. The Balaban J connectivity index is 2.41. The lowest BCUT2D eigenvalue weighted by molar-refractivity contribution is -0.136. The van der Waals surface area contributed by atoms with Crippen LogP contribution in [-0.4, -0.2) is 58.4 Å². The van der Waals surface area contributed by atoms with Gasteiger partial charge in [0.2, 0.25) is 5.91 Å². The van der Waals surface area contributed by atoms with Gasteiger partial charge in [-0.15, -0.1) is 0 Å². The molecule has 1 fully saturated rings. The van der Waals surface area contributed by atoms with Crippen molar-refractivity contribution in [1.82, 2.24) is 4.90 Å². The molecule has 7 heteroatoms. The van der Waals surface area contributed by atoms with Gasteiger partial charge in [0.05, 0.1) is 12.4 Å². The number of nitrogens with zero attached hydrogens (tertiary/aromatic N) is 1. The lowest BCUT2D eigenvalue weighted by Gasteiger charge is -2.34. The van der Waals surface area contributed by atoms with Gasteiger partial charge in [0.25, 0.3) is 10.1 Å². The van der Waals surface area contributed by atoms with Crippen LogP contribution in [0.3, 0.4) is 0 Å². The molecule has 0 aromatic carbocycles. The highest BCUT2D eigenvalue weighted by Crippen LogP contribution is 2.25. The number of likely N-dealkylation sites (N-methyl/N-ethyl adjacent to an activating group) is 1. The lowest BCUT2D eigenvalue weighted by Crippen LogP contribution is -2.42. The average molecular weight is 279 g/mol. The highest BCUT2D eigenvalue weighted by molar-refractivity contribution is 7.86. The fourth-order valence-corrected chi connectivity index (χ4v) is 2.89. The topological polar surface area (TPSA) is 72.9 Å². The van der Waals surface area contributed by atoms with Gasteiger partial charge in [-0.3, -0.25) is 8.98 Å². The molecule has 0 bridgehead atoms. The Morgan fingerprint density at radius 1 is 1.28 bits per heavy atom. The van der Waals surface area contributed by atoms with E-state index >= 15 is 0 Å². The molecule has 0 N–H and O–H groups in total. The molecule has 0 aromatic rings. The normalized spacial score (nSPS) is 24.8. The molecule has 0 heterocycles. The predicted octanol–water partition coefficient (Wildman–Crippen LogP) is 0.379. The zero-order chi connectivity index (χ0) is 13.8. The first kappa shape index (κ1) is 15.4. The molecule has 1 rings (SSSR count). The predicted molar refractivity (Wildman–Crippen MR) is 66.6 cm³/mol. The van der Waals surface area contributed by atoms with E-state index in [4.69, 9.17) is 8.92 Å². The molecule has 0 aliphatic heterocycles. The van der Waals surface area contributed by atoms with E-state index in [1.807, 2.05) is 0 Å². The number of hydrogen-bond acceptors (Lipinski definition) is 5. The molecule has 0 unspecified atom stereocenters. The lowest BCUT2D eigenvalue weighted by atomic mass is 9.92. The molecule has 0 atom stereocenters. The zero-order valence-electron chi connectivity index (χ0n) is 11.1. The van der Waals surface area contributed by atoms with Crippen LogP contribution >= 0.6 is 0 Å². The van der Waals surface area contributed by atoms with Crippen LogP contribution in [0.25, 0.3) is 0 Å². The summed E-state index contributed by atoms with van der Waals surface area (Å²) in [6.45, 7) is 0.0796. The first-order valence-electron chi connectivity index (χ1n) is 5.96. The SMILES string of the molecule is COCC(=O)N(C)C1CCC(OS(C)(=O)=O)CC1. The summed E-state index contributed by atoms with van der Waals surface area (Å²) in [4.78, 5) is 13.3. The van der Waals surface area contributed by atoms with Crippen LogP contribution in [0, 0.1) is 0 Å². The summed E-state index contributed by atoms with van der Waals surface area (Å²) in [7, 11) is -0.145. The van der Waals surface area contributed by atoms with Gasteiger partial charge in [0.1, 0.15) is 6.61 Å². The largest absolute Gasteiger partial charge is 0.375 e. The quantitative estimate of drug-likeness (QED) is 0.680. The molecule has 1 saturated carbocycles. The molecular formula is C11H21NO5S. The Morgan fingerprint density at radius 2 is 1.83 bits per heavy atom. The fourth-order valence-electron chi connectivity index (χ4n) is 2.20. The van der Waals surface area contributed by atoms with Crippen LogP contribution in [0.15, 0.2) is 0 Å². The molecule has 0 radical (unpaired) electrons. The van der Waals surface area contributed by atoms with Gasteiger partial charge in [0.15, 0.2) is 0 Å². The van der Waals surface area contributed by atoms with Crippen molar-refractivity contribution in [3.8, 4) is 0 Å². The van der Waals surface area contributed by atoms with E-state index in [2.05, 4.69) is 0 Å². The maximum Gasteiger partial charge on any atom is 0.264 e. The van der Waals surface area contributed by atoms with Gasteiger partial charge in [-0.25, -0.2) is 0 Å². The number of amides is 1. The summed E-state index contributed by atoms with van der Waals surface area (Å²) in [6, 6.07) is 0.145. The maximum absolute atomic E-state index is 11.6. The van der Waals surface area contributed by atoms with Crippen molar-refractivity contribution in [2.24, 2.45) is 0 Å². The maximum atomic E-state index is 11.6. The summed E-state index contributed by atoms with van der Waals surface area (Å²) >= 11 is 0. The van der Waals surface area contributed by atoms with Gasteiger partial charge in [-0.1, -0.05) is 0 Å². The Labute approximate surface area is 108 Å². The molecule has 0 saturated heterocycles. The highest BCUT2D eigenvalue weighted by atomic mass is 32.2. The van der Waals surface area contributed by atoms with Crippen molar-refractivity contribution < 1.29 is 22.1 Å². The van der Waals surface area contributed by atoms with E-state index in [1.165, 1.54) is 7.11 Å². The summed E-state index contributed by atoms with van der Waals surface area (Å²) < 4.78 is 31.8. The summed E-state index contributed by atoms with van der Waals surface area (Å²) in [6.07, 6.45) is 3.64. The molecule has 0 aromatic heterocycles. The minimum absolute atomic E-state index is 0.0509. The van der Waals surface area contributed by atoms with Crippen LogP contribution in [0.4, 0.5) is 0 Å². The Hall–Kier alpha value is -0.660. The molecule has 1 aliphatic rings. The van der Waals surface area contributed by atoms with Crippen molar-refractivity contribution in [2.75, 3.05) is 27.0 Å². The Morgan fingerprint density at radius 3 is 2.28 bits per heavy atom. The minimum atomic E-state index is -3.39. The van der Waals surface area contributed by atoms with E-state index in [9.17, 15) is 13.2 Å². The van der Waals surface area contributed by atoms with Gasteiger partial charge in [-0.05, 0) is 25.7 Å². The standard InChI is InChI=1S/C11H21NO5S/c1-12(11(13)8-16-2)9-4-6-10(7-5-9)17-18(3,14)15/h9-10H,4-8H2,1-3H3. The number of hydrogen-bond donors (Lipinski definition) is 0. The van der Waals surface area contributed by atoms with Gasteiger partial charge >= 0.3 is 0 Å². The number of carbonyl (C=O) groups is 1. The third-order valence-electron chi connectivity index (χ3n) is 3.16. The van der Waals surface area contributed by atoms with Crippen molar-refractivity contribution >= 4 is 16.0 Å². The first-order valence-corrected chi connectivity index (χ1v) is 7.78. The summed E-state index contributed by atoms with van der Waals surface area (Å²) in [5.74, 6) is -0.0509. The second kappa shape index (κ2) is 6.49. The first-order chi connectivity index (χ1) is 8.33. The molecule has 106 valence electrons. The van der Waals surface area contributed by atoms with Crippen LogP contribution < -0.4 is 0 Å². The average Bonchev–Trinajstić information content (AvgIpc) is 2.27. The van der Waals surface area contributed by atoms with Gasteiger partial charge in [0, 0.05) is 20.2 Å². The second-order valence-electron chi connectivity index (χ2n) is 4.67. The summed E-state index contributed by atoms with van der Waals surface area (Å²) in [5.41, 5.74) is 0. The Bertz CT molecular complexity index is 373. The van der Waals surface area contributed by atoms with Crippen LogP contribution in [0.1, 0.15) is 25.7 Å². The monoisotopic (exact) mass is 279 g/mol. The van der Waals surface area contributed by atoms with E-state index in [-0.39, 0.29) is 24.7 Å². The van der Waals surface area contributed by atoms with Gasteiger partial charge < -0.3 is 9.64 Å². The van der Waals surface area contributed by atoms with E-state index in [1.54, 1.807) is 11.9 Å². The minimum Gasteiger partial charge on any atom is -0.375 e. The van der Waals surface area contributed by atoms with E-state index in [0.29, 0.717) is 12.8 Å². The number of rotatable bonds is 5. The molecule has 18 heavy (non-hydrogen) atoms. The van der Waals surface area contributed by atoms with E-state index < -0.39 is 10.1 Å². The Kier molecular flexibility index (Phi) is 5.55. The van der Waals surface area contributed by atoms with Crippen LogP contribution in [-0.2, 0) is 23.8 Å². The van der Waals surface area contributed by atoms with Crippen LogP contribution in [0.2, 0.25) is 0 Å². The molecule has 0 spiro atoms. The highest BCUT2D eigenvalue weighted by Gasteiger charge is 2.28. The third kappa shape index (κ3) is 4.91. The fraction of sp³-hybridized carbons (Fsp3) is 0.909. The molecule has 6 nitrogen and oxygen atoms in total. The summed E-state index contributed by atoms with van der Waals surface area (Å²) in [5, 5.41) is 0. The van der Waals surface area contributed by atoms with Crippen LogP contribution in [0.5, 0.6) is 0 Å². The number of ether oxygens (including phenoxy) is 1. The number of carbonyl (C=O) groups excluding carboxylic acids is 1. The van der Waals surface area contributed by atoms with Crippen molar-refractivity contribution in [3.05, 3.63) is 0 Å². The van der Waals surface area contributed by atoms with Crippen molar-refractivity contribution in [2.45, 2.75) is 37.8 Å². The molecular weight excluding hydrogens is 258 g/mol. The van der Waals surface area contributed by atoms with E-state index in [0.717, 1.165) is 19.1 Å². The third-order valence-corrected chi connectivity index (χ3v) is 3.79. The second-order valence-corrected chi connectivity index (χ2v) is 6.27. The van der Waals surface area contributed by atoms with Crippen molar-refractivity contribution in [1.29, 1.82) is 0 Å². The number of methoxy groups -OCH3 is 1. The molecule has 1 amide bonds. The smallest absolute Gasteiger partial charge is 0.264 e. The van der Waals surface area contributed by atoms with Gasteiger partial charge in [-0.2, -0.15) is 8.42 Å². The van der Waals surface area contributed by atoms with Crippen molar-refractivity contribution in [3.63, 3.8) is 0 Å².